The SMILES string of the molecule is CCc1ccc(CC(NC)c2snnc2C(C)C)nc1. The van der Waals surface area contributed by atoms with Crippen LogP contribution in [0.25, 0.3) is 0 Å². The van der Waals surface area contributed by atoms with Crippen molar-refractivity contribution in [2.45, 2.75) is 45.6 Å². The predicted molar refractivity (Wildman–Crippen MR) is 83.1 cm³/mol. The summed E-state index contributed by atoms with van der Waals surface area (Å²) >= 11 is 1.49. The highest BCUT2D eigenvalue weighted by atomic mass is 32.1. The van der Waals surface area contributed by atoms with Gasteiger partial charge in [0.1, 0.15) is 0 Å². The van der Waals surface area contributed by atoms with Crippen LogP contribution in [0.1, 0.15) is 54.6 Å². The second-order valence-corrected chi connectivity index (χ2v) is 6.02. The van der Waals surface area contributed by atoms with E-state index in [-0.39, 0.29) is 6.04 Å². The maximum atomic E-state index is 4.55. The molecule has 0 aliphatic carbocycles. The number of likely N-dealkylation sites (N-methyl/N-ethyl adjacent to an activating group) is 1. The number of nitrogens with one attached hydrogen (secondary N) is 1. The second kappa shape index (κ2) is 6.90. The van der Waals surface area contributed by atoms with Crippen molar-refractivity contribution in [3.8, 4) is 0 Å². The van der Waals surface area contributed by atoms with Crippen molar-refractivity contribution >= 4 is 11.5 Å². The standard InChI is InChI=1S/C15H22N4S/c1-5-11-6-7-12(17-9-11)8-13(16-4)15-14(10(2)3)18-19-20-15/h6-7,9-10,13,16H,5,8H2,1-4H3. The Bertz CT molecular complexity index is 533. The number of rotatable bonds is 6. The third-order valence-electron chi connectivity index (χ3n) is 3.46. The summed E-state index contributed by atoms with van der Waals surface area (Å²) in [6.07, 6.45) is 3.86. The number of aryl methyl sites for hydroxylation is 1. The van der Waals surface area contributed by atoms with Crippen LogP contribution in [0.15, 0.2) is 18.3 Å². The molecule has 5 heteroatoms. The maximum absolute atomic E-state index is 4.55. The number of aromatic nitrogens is 3. The minimum atomic E-state index is 0.229. The van der Waals surface area contributed by atoms with Crippen molar-refractivity contribution < 1.29 is 0 Å². The molecule has 4 nitrogen and oxygen atoms in total. The molecule has 0 saturated heterocycles. The number of hydrogen-bond donors (Lipinski definition) is 1. The summed E-state index contributed by atoms with van der Waals surface area (Å²) in [6.45, 7) is 6.45. The molecule has 108 valence electrons. The first kappa shape index (κ1) is 15.1. The Kier molecular flexibility index (Phi) is 5.20. The van der Waals surface area contributed by atoms with Gasteiger partial charge in [0.25, 0.3) is 0 Å². The van der Waals surface area contributed by atoms with Crippen LogP contribution in [0.5, 0.6) is 0 Å². The zero-order valence-corrected chi connectivity index (χ0v) is 13.4. The molecule has 0 bridgehead atoms. The minimum absolute atomic E-state index is 0.229. The fourth-order valence-corrected chi connectivity index (χ4v) is 3.08. The molecule has 2 rings (SSSR count). The Labute approximate surface area is 124 Å². The molecule has 1 unspecified atom stereocenters. The monoisotopic (exact) mass is 290 g/mol. The Morgan fingerprint density at radius 1 is 1.30 bits per heavy atom. The minimum Gasteiger partial charge on any atom is -0.312 e. The van der Waals surface area contributed by atoms with E-state index in [2.05, 4.69) is 52.8 Å². The molecule has 2 aromatic rings. The molecule has 2 aromatic heterocycles. The molecule has 0 saturated carbocycles. The highest BCUT2D eigenvalue weighted by Crippen LogP contribution is 2.28. The van der Waals surface area contributed by atoms with E-state index in [4.69, 9.17) is 0 Å². The number of nitrogens with zero attached hydrogens (tertiary/aromatic N) is 3. The largest absolute Gasteiger partial charge is 0.312 e. The van der Waals surface area contributed by atoms with Crippen molar-refractivity contribution in [2.75, 3.05) is 7.05 Å². The second-order valence-electron chi connectivity index (χ2n) is 5.23. The fraction of sp³-hybridized carbons (Fsp3) is 0.533. The van der Waals surface area contributed by atoms with Crippen molar-refractivity contribution in [3.05, 3.63) is 40.2 Å². The van der Waals surface area contributed by atoms with E-state index in [1.165, 1.54) is 22.0 Å². The summed E-state index contributed by atoms with van der Waals surface area (Å²) in [5, 5.41) is 7.63. The van der Waals surface area contributed by atoms with E-state index in [9.17, 15) is 0 Å². The van der Waals surface area contributed by atoms with Gasteiger partial charge in [-0.1, -0.05) is 31.3 Å². The lowest BCUT2D eigenvalue weighted by molar-refractivity contribution is 0.582. The van der Waals surface area contributed by atoms with Crippen LogP contribution in [0.4, 0.5) is 0 Å². The zero-order chi connectivity index (χ0) is 14.5. The molecule has 0 aliphatic rings. The van der Waals surface area contributed by atoms with Crippen LogP contribution in [-0.2, 0) is 12.8 Å². The van der Waals surface area contributed by atoms with Crippen molar-refractivity contribution in [1.29, 1.82) is 0 Å². The van der Waals surface area contributed by atoms with E-state index >= 15 is 0 Å². The Balaban J connectivity index is 2.17. The van der Waals surface area contributed by atoms with Gasteiger partial charge in [-0.15, -0.1) is 5.10 Å². The van der Waals surface area contributed by atoms with Gasteiger partial charge in [-0.05, 0) is 42.5 Å². The summed E-state index contributed by atoms with van der Waals surface area (Å²) < 4.78 is 4.11. The molecular formula is C15H22N4S. The van der Waals surface area contributed by atoms with E-state index in [0.717, 1.165) is 24.2 Å². The summed E-state index contributed by atoms with van der Waals surface area (Å²) in [6, 6.07) is 4.50. The van der Waals surface area contributed by atoms with E-state index in [0.29, 0.717) is 5.92 Å². The molecule has 20 heavy (non-hydrogen) atoms. The summed E-state index contributed by atoms with van der Waals surface area (Å²) in [7, 11) is 1.98. The average molecular weight is 290 g/mol. The van der Waals surface area contributed by atoms with Crippen LogP contribution >= 0.6 is 11.5 Å². The number of pyridine rings is 1. The third kappa shape index (κ3) is 3.41. The van der Waals surface area contributed by atoms with Gasteiger partial charge in [-0.25, -0.2) is 0 Å². The van der Waals surface area contributed by atoms with Gasteiger partial charge in [-0.3, -0.25) is 4.98 Å². The van der Waals surface area contributed by atoms with Crippen molar-refractivity contribution in [2.24, 2.45) is 0 Å². The van der Waals surface area contributed by atoms with Crippen molar-refractivity contribution in [1.82, 2.24) is 19.9 Å². The Morgan fingerprint density at radius 2 is 2.10 bits per heavy atom. The van der Waals surface area contributed by atoms with Crippen LogP contribution in [0.3, 0.4) is 0 Å². The van der Waals surface area contributed by atoms with Crippen molar-refractivity contribution in [3.63, 3.8) is 0 Å². The summed E-state index contributed by atoms with van der Waals surface area (Å²) in [4.78, 5) is 5.77. The Morgan fingerprint density at radius 3 is 2.65 bits per heavy atom. The molecule has 1 N–H and O–H groups in total. The normalized spacial score (nSPS) is 12.8. The third-order valence-corrected chi connectivity index (χ3v) is 4.31. The lowest BCUT2D eigenvalue weighted by atomic mass is 10.0. The predicted octanol–water partition coefficient (Wildman–Crippen LogP) is 3.12. The first-order valence-electron chi connectivity index (χ1n) is 7.08. The van der Waals surface area contributed by atoms with Crippen LogP contribution in [-0.4, -0.2) is 21.6 Å². The van der Waals surface area contributed by atoms with E-state index < -0.39 is 0 Å². The molecule has 1 atom stereocenters. The average Bonchev–Trinajstić information content (AvgIpc) is 2.95. The van der Waals surface area contributed by atoms with Gasteiger partial charge < -0.3 is 5.32 Å². The first-order valence-corrected chi connectivity index (χ1v) is 7.86. The quantitative estimate of drug-likeness (QED) is 0.888. The molecular weight excluding hydrogens is 268 g/mol. The molecule has 0 aliphatic heterocycles. The zero-order valence-electron chi connectivity index (χ0n) is 12.6. The lowest BCUT2D eigenvalue weighted by Gasteiger charge is -2.16. The maximum Gasteiger partial charge on any atom is 0.0829 e. The van der Waals surface area contributed by atoms with Gasteiger partial charge in [0, 0.05) is 18.3 Å². The van der Waals surface area contributed by atoms with Gasteiger partial charge in [0.2, 0.25) is 0 Å². The Hall–Kier alpha value is -1.33. The summed E-state index contributed by atoms with van der Waals surface area (Å²) in [5.41, 5.74) is 3.47. The fourth-order valence-electron chi connectivity index (χ4n) is 2.17. The molecule has 2 heterocycles. The summed E-state index contributed by atoms with van der Waals surface area (Å²) in [5.74, 6) is 0.398. The molecule has 0 amide bonds. The van der Waals surface area contributed by atoms with Crippen LogP contribution in [0.2, 0.25) is 0 Å². The van der Waals surface area contributed by atoms with Gasteiger partial charge in [0.05, 0.1) is 16.6 Å². The lowest BCUT2D eigenvalue weighted by Crippen LogP contribution is -2.20. The smallest absolute Gasteiger partial charge is 0.0829 e. The first-order chi connectivity index (χ1) is 9.65. The molecule has 0 fully saturated rings. The topological polar surface area (TPSA) is 50.7 Å². The van der Waals surface area contributed by atoms with E-state index in [1.807, 2.05) is 13.2 Å². The highest BCUT2D eigenvalue weighted by Gasteiger charge is 2.20. The molecule has 0 aromatic carbocycles. The van der Waals surface area contributed by atoms with Gasteiger partial charge in [0.15, 0.2) is 0 Å². The molecule has 0 spiro atoms. The van der Waals surface area contributed by atoms with Gasteiger partial charge >= 0.3 is 0 Å². The van der Waals surface area contributed by atoms with Gasteiger partial charge in [-0.2, -0.15) is 0 Å². The van der Waals surface area contributed by atoms with E-state index in [1.54, 1.807) is 0 Å². The van der Waals surface area contributed by atoms with Crippen LogP contribution in [0, 0.1) is 0 Å². The van der Waals surface area contributed by atoms with Crippen LogP contribution < -0.4 is 5.32 Å². The highest BCUT2D eigenvalue weighted by molar-refractivity contribution is 7.05. The number of hydrogen-bond acceptors (Lipinski definition) is 5. The molecule has 0 radical (unpaired) electrons.